The molecule has 8 nitrogen and oxygen atoms in total. The second-order valence-corrected chi connectivity index (χ2v) is 8.31. The van der Waals surface area contributed by atoms with E-state index in [4.69, 9.17) is 9.72 Å². The van der Waals surface area contributed by atoms with Gasteiger partial charge in [0.05, 0.1) is 18.8 Å². The van der Waals surface area contributed by atoms with Crippen LogP contribution in [0.25, 0.3) is 16.9 Å². The number of benzene rings is 2. The summed E-state index contributed by atoms with van der Waals surface area (Å²) < 4.78 is 21.5. The van der Waals surface area contributed by atoms with E-state index in [-0.39, 0.29) is 11.7 Å². The third kappa shape index (κ3) is 4.95. The summed E-state index contributed by atoms with van der Waals surface area (Å²) in [5, 5.41) is 2.66. The highest BCUT2D eigenvalue weighted by molar-refractivity contribution is 5.89. The normalized spacial score (nSPS) is 14.3. The minimum Gasteiger partial charge on any atom is -0.494 e. The number of carbonyl (C=O) groups is 1. The molecule has 2 amide bonds. The highest BCUT2D eigenvalue weighted by atomic mass is 19.1. The Hall–Kier alpha value is -3.98. The van der Waals surface area contributed by atoms with E-state index >= 15 is 0 Å². The van der Waals surface area contributed by atoms with E-state index in [0.29, 0.717) is 39.3 Å². The van der Waals surface area contributed by atoms with E-state index in [9.17, 15) is 9.18 Å². The Kier molecular flexibility index (Phi) is 6.58. The first-order valence-electron chi connectivity index (χ1n) is 11.7. The average molecular weight is 475 g/mol. The molecule has 2 aromatic heterocycles. The van der Waals surface area contributed by atoms with Crippen LogP contribution in [-0.2, 0) is 6.54 Å². The molecule has 5 rings (SSSR count). The van der Waals surface area contributed by atoms with Crippen LogP contribution < -0.4 is 10.1 Å². The third-order valence-electron chi connectivity index (χ3n) is 6.03. The number of fused-ring (bicyclic) bond motifs is 1. The Morgan fingerprint density at radius 3 is 2.54 bits per heavy atom. The van der Waals surface area contributed by atoms with Gasteiger partial charge >= 0.3 is 6.03 Å². The third-order valence-corrected chi connectivity index (χ3v) is 6.03. The predicted molar refractivity (Wildman–Crippen MR) is 132 cm³/mol. The van der Waals surface area contributed by atoms with Gasteiger partial charge in [-0.1, -0.05) is 12.1 Å². The number of imidazole rings is 1. The Morgan fingerprint density at radius 1 is 1.03 bits per heavy atom. The van der Waals surface area contributed by atoms with Crippen LogP contribution in [0.4, 0.5) is 14.9 Å². The molecule has 0 aliphatic carbocycles. The molecule has 0 spiro atoms. The van der Waals surface area contributed by atoms with Gasteiger partial charge in [-0.2, -0.15) is 0 Å². The summed E-state index contributed by atoms with van der Waals surface area (Å²) in [4.78, 5) is 26.0. The van der Waals surface area contributed by atoms with Crippen molar-refractivity contribution < 1.29 is 13.9 Å². The largest absolute Gasteiger partial charge is 0.494 e. The number of rotatable bonds is 6. The quantitative estimate of drug-likeness (QED) is 0.451. The molecular weight excluding hydrogens is 447 g/mol. The van der Waals surface area contributed by atoms with E-state index in [1.54, 1.807) is 29.3 Å². The molecule has 9 heteroatoms. The number of para-hydroxylation sites is 1. The predicted octanol–water partition coefficient (Wildman–Crippen LogP) is 4.31. The summed E-state index contributed by atoms with van der Waals surface area (Å²) in [5.74, 6) is 1.26. The summed E-state index contributed by atoms with van der Waals surface area (Å²) in [6.45, 7) is 5.65. The van der Waals surface area contributed by atoms with Gasteiger partial charge < -0.3 is 15.0 Å². The van der Waals surface area contributed by atoms with Gasteiger partial charge in [0.25, 0.3) is 0 Å². The number of urea groups is 1. The molecule has 3 heterocycles. The average Bonchev–Trinajstić information content (AvgIpc) is 3.24. The van der Waals surface area contributed by atoms with Crippen molar-refractivity contribution in [2.75, 3.05) is 38.1 Å². The number of nitrogens with zero attached hydrogens (tertiary/aromatic N) is 5. The maximum atomic E-state index is 13.9. The lowest BCUT2D eigenvalue weighted by Crippen LogP contribution is -2.49. The SMILES string of the molecule is CCOc1ccc(-n2c(CN3CCN(C(=O)Nc4ccccc4F)CC3)nc3cccnc32)cc1. The molecule has 1 fully saturated rings. The van der Waals surface area contributed by atoms with Gasteiger partial charge in [0.15, 0.2) is 5.65 Å². The molecular formula is C26H27FN6O2. The molecule has 0 saturated carbocycles. The van der Waals surface area contributed by atoms with Gasteiger partial charge in [-0.3, -0.25) is 9.47 Å². The highest BCUT2D eigenvalue weighted by Gasteiger charge is 2.24. The standard InChI is InChI=1S/C26H27FN6O2/c1-2-35-20-11-9-19(10-12-20)33-24(29-23-8-5-13-28-25(23)33)18-31-14-16-32(17-15-31)26(34)30-22-7-4-3-6-21(22)27/h3-13H,2,14-18H2,1H3,(H,30,34). The zero-order valence-corrected chi connectivity index (χ0v) is 19.5. The van der Waals surface area contributed by atoms with E-state index in [2.05, 4.69) is 19.8 Å². The smallest absolute Gasteiger partial charge is 0.322 e. The van der Waals surface area contributed by atoms with Crippen molar-refractivity contribution in [1.29, 1.82) is 0 Å². The fraction of sp³-hybridized carbons (Fsp3) is 0.269. The van der Waals surface area contributed by atoms with E-state index in [0.717, 1.165) is 28.4 Å². The molecule has 0 bridgehead atoms. The van der Waals surface area contributed by atoms with Gasteiger partial charge in [0, 0.05) is 38.1 Å². The van der Waals surface area contributed by atoms with E-state index in [1.807, 2.05) is 43.3 Å². The van der Waals surface area contributed by atoms with Crippen molar-refractivity contribution in [1.82, 2.24) is 24.3 Å². The fourth-order valence-electron chi connectivity index (χ4n) is 4.26. The Balaban J connectivity index is 1.29. The van der Waals surface area contributed by atoms with Crippen molar-refractivity contribution >= 4 is 22.9 Å². The summed E-state index contributed by atoms with van der Waals surface area (Å²) >= 11 is 0. The second kappa shape index (κ2) is 10.1. The van der Waals surface area contributed by atoms with Gasteiger partial charge in [0.2, 0.25) is 0 Å². The van der Waals surface area contributed by atoms with Gasteiger partial charge in [-0.05, 0) is 55.5 Å². The van der Waals surface area contributed by atoms with Crippen LogP contribution >= 0.6 is 0 Å². The first-order valence-corrected chi connectivity index (χ1v) is 11.7. The number of nitrogens with one attached hydrogen (secondary N) is 1. The second-order valence-electron chi connectivity index (χ2n) is 8.31. The molecule has 0 radical (unpaired) electrons. The fourth-order valence-corrected chi connectivity index (χ4v) is 4.26. The minimum absolute atomic E-state index is 0.191. The molecule has 2 aromatic carbocycles. The molecule has 35 heavy (non-hydrogen) atoms. The molecule has 1 saturated heterocycles. The maximum Gasteiger partial charge on any atom is 0.322 e. The van der Waals surface area contributed by atoms with Crippen LogP contribution in [0.15, 0.2) is 66.9 Å². The molecule has 1 aliphatic rings. The van der Waals surface area contributed by atoms with Crippen molar-refractivity contribution in [2.24, 2.45) is 0 Å². The lowest BCUT2D eigenvalue weighted by atomic mass is 10.2. The number of pyridine rings is 1. The summed E-state index contributed by atoms with van der Waals surface area (Å²) in [7, 11) is 0. The molecule has 1 N–H and O–H groups in total. The zero-order valence-electron chi connectivity index (χ0n) is 19.5. The van der Waals surface area contributed by atoms with Crippen LogP contribution in [0.2, 0.25) is 0 Å². The number of carbonyl (C=O) groups excluding carboxylic acids is 1. The van der Waals surface area contributed by atoms with Gasteiger partial charge in [0.1, 0.15) is 22.9 Å². The minimum atomic E-state index is -0.443. The lowest BCUT2D eigenvalue weighted by molar-refractivity contribution is 0.140. The summed E-state index contributed by atoms with van der Waals surface area (Å²) in [6.07, 6.45) is 1.77. The first-order chi connectivity index (χ1) is 17.1. The summed E-state index contributed by atoms with van der Waals surface area (Å²) in [6, 6.07) is 17.7. The molecule has 180 valence electrons. The lowest BCUT2D eigenvalue weighted by Gasteiger charge is -2.34. The van der Waals surface area contributed by atoms with E-state index < -0.39 is 5.82 Å². The first kappa shape index (κ1) is 22.8. The number of halogens is 1. The monoisotopic (exact) mass is 474 g/mol. The number of piperazine rings is 1. The Morgan fingerprint density at radius 2 is 1.80 bits per heavy atom. The van der Waals surface area contributed by atoms with Crippen LogP contribution in [-0.4, -0.2) is 63.2 Å². The van der Waals surface area contributed by atoms with Crippen LogP contribution in [0.3, 0.4) is 0 Å². The number of ether oxygens (including phenoxy) is 1. The van der Waals surface area contributed by atoms with Gasteiger partial charge in [-0.25, -0.2) is 19.2 Å². The number of aromatic nitrogens is 3. The van der Waals surface area contributed by atoms with Crippen LogP contribution in [0.5, 0.6) is 5.75 Å². The topological polar surface area (TPSA) is 75.5 Å². The zero-order chi connectivity index (χ0) is 24.2. The maximum absolute atomic E-state index is 13.9. The highest BCUT2D eigenvalue weighted by Crippen LogP contribution is 2.23. The molecule has 0 atom stereocenters. The van der Waals surface area contributed by atoms with Gasteiger partial charge in [-0.15, -0.1) is 0 Å². The van der Waals surface area contributed by atoms with Crippen molar-refractivity contribution in [3.8, 4) is 11.4 Å². The number of hydrogen-bond donors (Lipinski definition) is 1. The Labute approximate surface area is 203 Å². The van der Waals surface area contributed by atoms with Crippen molar-refractivity contribution in [2.45, 2.75) is 13.5 Å². The van der Waals surface area contributed by atoms with Crippen molar-refractivity contribution in [3.63, 3.8) is 0 Å². The molecule has 0 unspecified atom stereocenters. The van der Waals surface area contributed by atoms with Crippen LogP contribution in [0.1, 0.15) is 12.7 Å². The van der Waals surface area contributed by atoms with Crippen molar-refractivity contribution in [3.05, 3.63) is 78.5 Å². The number of anilines is 1. The van der Waals surface area contributed by atoms with Crippen LogP contribution in [0, 0.1) is 5.82 Å². The Bertz CT molecular complexity index is 1320. The summed E-state index contributed by atoms with van der Waals surface area (Å²) in [5.41, 5.74) is 2.79. The number of amides is 2. The van der Waals surface area contributed by atoms with E-state index in [1.165, 1.54) is 6.07 Å². The number of hydrogen-bond acceptors (Lipinski definition) is 5. The molecule has 4 aromatic rings. The molecule has 1 aliphatic heterocycles.